The van der Waals surface area contributed by atoms with Crippen LogP contribution in [0.4, 0.5) is 0 Å². The molecule has 92 valence electrons. The van der Waals surface area contributed by atoms with E-state index in [1.807, 2.05) is 24.1 Å². The Kier molecular flexibility index (Phi) is 4.22. The van der Waals surface area contributed by atoms with Crippen LogP contribution >= 0.6 is 11.5 Å². The summed E-state index contributed by atoms with van der Waals surface area (Å²) >= 11 is 1.46. The average molecular weight is 251 g/mol. The number of nitrogens with one attached hydrogen (secondary N) is 1. The summed E-state index contributed by atoms with van der Waals surface area (Å²) in [5.74, 6) is 0. The van der Waals surface area contributed by atoms with Gasteiger partial charge in [-0.2, -0.15) is 5.10 Å². The maximum Gasteiger partial charge on any atom is 0.0669 e. The predicted molar refractivity (Wildman–Crippen MR) is 67.9 cm³/mol. The van der Waals surface area contributed by atoms with Crippen molar-refractivity contribution in [2.45, 2.75) is 25.8 Å². The van der Waals surface area contributed by atoms with E-state index in [0.717, 1.165) is 19.4 Å². The van der Waals surface area contributed by atoms with Gasteiger partial charge in [-0.15, -0.1) is 5.10 Å². The molecule has 2 rings (SSSR count). The standard InChI is InChI=1S/C11H17N5S/c1-3-4-12-10(11-7-13-15-17-11)5-9-6-14-16(2)8-9/h6-8,10,12H,3-5H2,1-2H3. The monoisotopic (exact) mass is 251 g/mol. The van der Waals surface area contributed by atoms with Gasteiger partial charge in [-0.25, -0.2) is 0 Å². The van der Waals surface area contributed by atoms with Crippen molar-refractivity contribution in [1.82, 2.24) is 24.7 Å². The lowest BCUT2D eigenvalue weighted by Crippen LogP contribution is -2.23. The Labute approximate surface area is 105 Å². The molecule has 17 heavy (non-hydrogen) atoms. The highest BCUT2D eigenvalue weighted by molar-refractivity contribution is 7.05. The molecule has 1 atom stereocenters. The summed E-state index contributed by atoms with van der Waals surface area (Å²) < 4.78 is 5.76. The van der Waals surface area contributed by atoms with Crippen LogP contribution in [0.25, 0.3) is 0 Å². The summed E-state index contributed by atoms with van der Waals surface area (Å²) in [6, 6.07) is 0.291. The normalized spacial score (nSPS) is 12.8. The van der Waals surface area contributed by atoms with Crippen LogP contribution < -0.4 is 5.32 Å². The van der Waals surface area contributed by atoms with Crippen molar-refractivity contribution in [3.63, 3.8) is 0 Å². The van der Waals surface area contributed by atoms with Gasteiger partial charge in [-0.3, -0.25) is 4.68 Å². The summed E-state index contributed by atoms with van der Waals surface area (Å²) in [6.45, 7) is 3.17. The molecule has 0 aliphatic rings. The highest BCUT2D eigenvalue weighted by Gasteiger charge is 2.14. The van der Waals surface area contributed by atoms with E-state index >= 15 is 0 Å². The fraction of sp³-hybridized carbons (Fsp3) is 0.545. The summed E-state index contributed by atoms with van der Waals surface area (Å²) in [6.07, 6.45) is 7.85. The van der Waals surface area contributed by atoms with Crippen molar-refractivity contribution in [3.05, 3.63) is 29.0 Å². The van der Waals surface area contributed by atoms with Gasteiger partial charge in [0.25, 0.3) is 0 Å². The quantitative estimate of drug-likeness (QED) is 0.846. The first-order chi connectivity index (χ1) is 8.29. The minimum Gasteiger partial charge on any atom is -0.309 e. The molecule has 5 nitrogen and oxygen atoms in total. The highest BCUT2D eigenvalue weighted by atomic mass is 32.1. The second kappa shape index (κ2) is 5.88. The first-order valence-electron chi connectivity index (χ1n) is 5.77. The van der Waals surface area contributed by atoms with Gasteiger partial charge in [0.2, 0.25) is 0 Å². The molecule has 1 N–H and O–H groups in total. The lowest BCUT2D eigenvalue weighted by Gasteiger charge is -2.15. The van der Waals surface area contributed by atoms with E-state index in [4.69, 9.17) is 0 Å². The molecule has 0 bridgehead atoms. The van der Waals surface area contributed by atoms with E-state index in [1.54, 1.807) is 0 Å². The van der Waals surface area contributed by atoms with Crippen LogP contribution in [0.5, 0.6) is 0 Å². The zero-order valence-electron chi connectivity index (χ0n) is 10.1. The van der Waals surface area contributed by atoms with Crippen molar-refractivity contribution in [2.24, 2.45) is 7.05 Å². The molecule has 2 aromatic heterocycles. The van der Waals surface area contributed by atoms with Crippen molar-refractivity contribution < 1.29 is 0 Å². The van der Waals surface area contributed by atoms with Crippen LogP contribution in [0.2, 0.25) is 0 Å². The third-order valence-corrected chi connectivity index (χ3v) is 3.34. The fourth-order valence-electron chi connectivity index (χ4n) is 1.73. The van der Waals surface area contributed by atoms with Gasteiger partial charge in [0, 0.05) is 19.3 Å². The molecule has 0 saturated carbocycles. The van der Waals surface area contributed by atoms with Crippen LogP contribution in [0.15, 0.2) is 18.6 Å². The molecule has 0 fully saturated rings. The summed E-state index contributed by atoms with van der Waals surface area (Å²) in [5, 5.41) is 11.6. The van der Waals surface area contributed by atoms with Gasteiger partial charge in [0.05, 0.1) is 17.3 Å². The molecule has 0 spiro atoms. The second-order valence-corrected chi connectivity index (χ2v) is 4.87. The van der Waals surface area contributed by atoms with Crippen molar-refractivity contribution in [2.75, 3.05) is 6.54 Å². The van der Waals surface area contributed by atoms with Gasteiger partial charge in [0.1, 0.15) is 0 Å². The fourth-order valence-corrected chi connectivity index (χ4v) is 2.31. The molecule has 0 amide bonds. The Balaban J connectivity index is 2.05. The number of aromatic nitrogens is 4. The highest BCUT2D eigenvalue weighted by Crippen LogP contribution is 2.20. The van der Waals surface area contributed by atoms with Crippen LogP contribution in [-0.2, 0) is 13.5 Å². The lowest BCUT2D eigenvalue weighted by molar-refractivity contribution is 0.535. The third kappa shape index (κ3) is 3.34. The van der Waals surface area contributed by atoms with E-state index in [1.165, 1.54) is 22.0 Å². The zero-order chi connectivity index (χ0) is 12.1. The number of hydrogen-bond acceptors (Lipinski definition) is 5. The average Bonchev–Trinajstić information content (AvgIpc) is 2.95. The predicted octanol–water partition coefficient (Wildman–Crippen LogP) is 1.55. The van der Waals surface area contributed by atoms with Crippen molar-refractivity contribution in [3.8, 4) is 0 Å². The maximum atomic E-state index is 4.19. The Morgan fingerprint density at radius 2 is 2.35 bits per heavy atom. The lowest BCUT2D eigenvalue weighted by atomic mass is 10.1. The molecule has 6 heteroatoms. The molecule has 2 aromatic rings. The van der Waals surface area contributed by atoms with Gasteiger partial charge >= 0.3 is 0 Å². The number of rotatable bonds is 6. The largest absolute Gasteiger partial charge is 0.309 e. The summed E-state index contributed by atoms with van der Waals surface area (Å²) in [7, 11) is 1.94. The number of hydrogen-bond donors (Lipinski definition) is 1. The molecule has 2 heterocycles. The minimum absolute atomic E-state index is 0.291. The van der Waals surface area contributed by atoms with E-state index in [-0.39, 0.29) is 0 Å². The SMILES string of the molecule is CCCNC(Cc1cnn(C)c1)c1cnns1. The van der Waals surface area contributed by atoms with E-state index in [9.17, 15) is 0 Å². The van der Waals surface area contributed by atoms with E-state index in [2.05, 4.69) is 33.1 Å². The topological polar surface area (TPSA) is 55.6 Å². The minimum atomic E-state index is 0.291. The Bertz CT molecular complexity index is 436. The van der Waals surface area contributed by atoms with Crippen LogP contribution in [0.1, 0.15) is 29.8 Å². The molecular weight excluding hydrogens is 234 g/mol. The molecule has 1 unspecified atom stereocenters. The summed E-state index contributed by atoms with van der Waals surface area (Å²) in [4.78, 5) is 1.18. The van der Waals surface area contributed by atoms with Crippen molar-refractivity contribution in [1.29, 1.82) is 0 Å². The Morgan fingerprint density at radius 3 is 2.94 bits per heavy atom. The Hall–Kier alpha value is -1.27. The van der Waals surface area contributed by atoms with E-state index < -0.39 is 0 Å². The van der Waals surface area contributed by atoms with E-state index in [0.29, 0.717) is 6.04 Å². The summed E-state index contributed by atoms with van der Waals surface area (Å²) in [5.41, 5.74) is 1.23. The smallest absolute Gasteiger partial charge is 0.0669 e. The molecule has 0 saturated heterocycles. The zero-order valence-corrected chi connectivity index (χ0v) is 10.9. The van der Waals surface area contributed by atoms with Crippen molar-refractivity contribution >= 4 is 11.5 Å². The molecule has 0 aromatic carbocycles. The Morgan fingerprint density at radius 1 is 1.47 bits per heavy atom. The maximum absolute atomic E-state index is 4.19. The second-order valence-electron chi connectivity index (χ2n) is 4.05. The molecule has 0 aliphatic heterocycles. The molecule has 0 aliphatic carbocycles. The van der Waals surface area contributed by atoms with Crippen LogP contribution in [0.3, 0.4) is 0 Å². The van der Waals surface area contributed by atoms with Crippen LogP contribution in [0, 0.1) is 0 Å². The van der Waals surface area contributed by atoms with Gasteiger partial charge in [0.15, 0.2) is 0 Å². The first kappa shape index (κ1) is 12.2. The number of nitrogens with zero attached hydrogens (tertiary/aromatic N) is 4. The third-order valence-electron chi connectivity index (χ3n) is 2.56. The van der Waals surface area contributed by atoms with Gasteiger partial charge < -0.3 is 5.32 Å². The molecular formula is C11H17N5S. The van der Waals surface area contributed by atoms with Crippen LogP contribution in [-0.4, -0.2) is 25.9 Å². The molecule has 0 radical (unpaired) electrons. The van der Waals surface area contributed by atoms with Gasteiger partial charge in [-0.1, -0.05) is 11.4 Å². The number of aryl methyl sites for hydroxylation is 1. The van der Waals surface area contributed by atoms with Gasteiger partial charge in [-0.05, 0) is 36.5 Å². The first-order valence-corrected chi connectivity index (χ1v) is 6.55.